The molecule has 0 aliphatic rings. The van der Waals surface area contributed by atoms with Gasteiger partial charge < -0.3 is 4.42 Å². The van der Waals surface area contributed by atoms with Crippen LogP contribution in [-0.4, -0.2) is 0 Å². The Bertz CT molecular complexity index is 756. The van der Waals surface area contributed by atoms with E-state index < -0.39 is 0 Å². The fourth-order valence-electron chi connectivity index (χ4n) is 2.21. The second-order valence-electron chi connectivity index (χ2n) is 4.12. The molecule has 1 nitrogen and oxygen atoms in total. The fourth-order valence-corrected chi connectivity index (χ4v) is 2.21. The van der Waals surface area contributed by atoms with Crippen molar-refractivity contribution in [3.05, 3.63) is 60.0 Å². The fraction of sp³-hybridized carbons (Fsp3) is 0.0625. The van der Waals surface area contributed by atoms with E-state index in [-0.39, 0.29) is 0 Å². The first-order valence-corrected chi connectivity index (χ1v) is 5.57. The number of benzene rings is 2. The Hall–Kier alpha value is -2.24. The van der Waals surface area contributed by atoms with Gasteiger partial charge in [0.05, 0.1) is 0 Å². The second kappa shape index (κ2) is 3.65. The summed E-state index contributed by atoms with van der Waals surface area (Å²) < 4.78 is 5.76. The monoisotopic (exact) mass is 220 g/mol. The van der Waals surface area contributed by atoms with Gasteiger partial charge in [-0.1, -0.05) is 30.8 Å². The lowest BCUT2D eigenvalue weighted by Gasteiger charge is -1.97. The van der Waals surface area contributed by atoms with Crippen molar-refractivity contribution in [3.8, 4) is 0 Å². The summed E-state index contributed by atoms with van der Waals surface area (Å²) in [5.74, 6) is 0.909. The van der Waals surface area contributed by atoms with Crippen LogP contribution in [0.5, 0.6) is 0 Å². The number of hydrogen-bond donors (Lipinski definition) is 0. The molecule has 0 spiro atoms. The summed E-state index contributed by atoms with van der Waals surface area (Å²) in [4.78, 5) is 0. The van der Waals surface area contributed by atoms with Crippen LogP contribution in [0.1, 0.15) is 11.3 Å². The van der Waals surface area contributed by atoms with Crippen LogP contribution >= 0.6 is 0 Å². The quantitative estimate of drug-likeness (QED) is 0.542. The minimum atomic E-state index is 0.909. The van der Waals surface area contributed by atoms with Crippen molar-refractivity contribution in [3.63, 3.8) is 0 Å². The van der Waals surface area contributed by atoms with Crippen LogP contribution in [0.25, 0.3) is 27.8 Å². The molecule has 82 valence electrons. The molecule has 0 aliphatic carbocycles. The zero-order valence-corrected chi connectivity index (χ0v) is 9.66. The molecule has 0 N–H and O–H groups in total. The van der Waals surface area contributed by atoms with Crippen molar-refractivity contribution in [2.45, 2.75) is 6.92 Å². The Morgan fingerprint density at radius 3 is 2.59 bits per heavy atom. The number of hydrogen-bond acceptors (Lipinski definition) is 1. The molecule has 3 rings (SSSR count). The summed E-state index contributed by atoms with van der Waals surface area (Å²) in [6, 6.07) is 12.5. The van der Waals surface area contributed by atoms with Crippen molar-refractivity contribution < 1.29 is 4.42 Å². The maximum atomic E-state index is 5.76. The first-order valence-electron chi connectivity index (χ1n) is 5.57. The van der Waals surface area contributed by atoms with E-state index in [4.69, 9.17) is 4.42 Å². The smallest absolute Gasteiger partial charge is 0.135 e. The standard InChI is InChI=1S/C16H12O/c1-3-6-14-11(2)17-16-10-13-8-5-4-7-12(13)9-15(14)16/h4-10H,1H2,2H3. The van der Waals surface area contributed by atoms with E-state index in [1.165, 1.54) is 10.8 Å². The van der Waals surface area contributed by atoms with Crippen LogP contribution in [0.15, 0.2) is 53.1 Å². The molecule has 3 aromatic rings. The average Bonchev–Trinajstić information content (AvgIpc) is 2.63. The van der Waals surface area contributed by atoms with E-state index in [0.29, 0.717) is 0 Å². The lowest BCUT2D eigenvalue weighted by molar-refractivity contribution is 0.578. The van der Waals surface area contributed by atoms with Crippen LogP contribution in [0.3, 0.4) is 0 Å². The first kappa shape index (κ1) is 9.95. The highest BCUT2D eigenvalue weighted by molar-refractivity contribution is 6.00. The maximum Gasteiger partial charge on any atom is 0.135 e. The summed E-state index contributed by atoms with van der Waals surface area (Å²) in [7, 11) is 0. The molecule has 0 unspecified atom stereocenters. The number of aryl methyl sites for hydroxylation is 1. The molecule has 0 atom stereocenters. The predicted octanol–water partition coefficient (Wildman–Crippen LogP) is 4.69. The van der Waals surface area contributed by atoms with Crippen molar-refractivity contribution in [1.82, 2.24) is 0 Å². The van der Waals surface area contributed by atoms with Crippen LogP contribution in [0.4, 0.5) is 0 Å². The van der Waals surface area contributed by atoms with Crippen LogP contribution in [0, 0.1) is 6.92 Å². The molecular weight excluding hydrogens is 208 g/mol. The molecule has 0 radical (unpaired) electrons. The molecule has 1 heterocycles. The van der Waals surface area contributed by atoms with Gasteiger partial charge in [-0.05, 0) is 35.9 Å². The summed E-state index contributed by atoms with van der Waals surface area (Å²) >= 11 is 0. The Kier molecular flexibility index (Phi) is 2.14. The van der Waals surface area contributed by atoms with Gasteiger partial charge in [0.15, 0.2) is 0 Å². The summed E-state index contributed by atoms with van der Waals surface area (Å²) in [6.45, 7) is 5.59. The summed E-state index contributed by atoms with van der Waals surface area (Å²) in [5.41, 5.74) is 4.81. The van der Waals surface area contributed by atoms with E-state index >= 15 is 0 Å². The lowest BCUT2D eigenvalue weighted by Crippen LogP contribution is -1.74. The van der Waals surface area contributed by atoms with Crippen molar-refractivity contribution >= 4 is 27.8 Å². The van der Waals surface area contributed by atoms with Gasteiger partial charge in [0.1, 0.15) is 11.3 Å². The van der Waals surface area contributed by atoms with Crippen molar-refractivity contribution in [2.24, 2.45) is 0 Å². The second-order valence-corrected chi connectivity index (χ2v) is 4.12. The molecular formula is C16H12O. The van der Waals surface area contributed by atoms with Gasteiger partial charge in [-0.15, -0.1) is 5.73 Å². The highest BCUT2D eigenvalue weighted by atomic mass is 16.3. The minimum Gasteiger partial charge on any atom is -0.461 e. The number of fused-ring (bicyclic) bond motifs is 2. The molecule has 0 amide bonds. The summed E-state index contributed by atoms with van der Waals surface area (Å²) in [5, 5.41) is 3.54. The largest absolute Gasteiger partial charge is 0.461 e. The van der Waals surface area contributed by atoms with E-state index in [1.54, 1.807) is 0 Å². The van der Waals surface area contributed by atoms with Crippen molar-refractivity contribution in [2.75, 3.05) is 0 Å². The normalized spacial score (nSPS) is 10.6. The summed E-state index contributed by atoms with van der Waals surface area (Å²) in [6.07, 6.45) is 1.87. The maximum absolute atomic E-state index is 5.76. The van der Waals surface area contributed by atoms with E-state index in [2.05, 4.69) is 36.6 Å². The molecule has 0 bridgehead atoms. The Morgan fingerprint density at radius 1 is 1.18 bits per heavy atom. The first-order chi connectivity index (χ1) is 8.29. The SMILES string of the molecule is C=C=Cc1c(C)oc2cc3ccccc3cc12. The Balaban J connectivity index is 2.48. The number of furan rings is 1. The average molecular weight is 220 g/mol. The van der Waals surface area contributed by atoms with Crippen molar-refractivity contribution in [1.29, 1.82) is 0 Å². The third kappa shape index (κ3) is 1.49. The molecule has 2 aromatic carbocycles. The van der Waals surface area contributed by atoms with Gasteiger partial charge in [0.2, 0.25) is 0 Å². The van der Waals surface area contributed by atoms with Crippen LogP contribution in [-0.2, 0) is 0 Å². The van der Waals surface area contributed by atoms with Gasteiger partial charge >= 0.3 is 0 Å². The molecule has 17 heavy (non-hydrogen) atoms. The topological polar surface area (TPSA) is 13.1 Å². The predicted molar refractivity (Wildman–Crippen MR) is 72.1 cm³/mol. The van der Waals surface area contributed by atoms with Gasteiger partial charge in [0, 0.05) is 10.9 Å². The third-order valence-corrected chi connectivity index (χ3v) is 3.03. The third-order valence-electron chi connectivity index (χ3n) is 3.03. The molecule has 0 aliphatic heterocycles. The molecule has 0 fully saturated rings. The van der Waals surface area contributed by atoms with Gasteiger partial charge in [-0.2, -0.15) is 0 Å². The zero-order valence-electron chi connectivity index (χ0n) is 9.66. The highest BCUT2D eigenvalue weighted by Gasteiger charge is 2.09. The minimum absolute atomic E-state index is 0.909. The molecule has 0 saturated heterocycles. The Labute approximate surface area is 99.7 Å². The van der Waals surface area contributed by atoms with Gasteiger partial charge in [0.25, 0.3) is 0 Å². The van der Waals surface area contributed by atoms with Crippen LogP contribution in [0.2, 0.25) is 0 Å². The van der Waals surface area contributed by atoms with Gasteiger partial charge in [-0.25, -0.2) is 0 Å². The molecule has 1 aromatic heterocycles. The zero-order chi connectivity index (χ0) is 11.8. The lowest BCUT2D eigenvalue weighted by atomic mass is 10.1. The Morgan fingerprint density at radius 2 is 1.88 bits per heavy atom. The number of rotatable bonds is 1. The van der Waals surface area contributed by atoms with E-state index in [9.17, 15) is 0 Å². The van der Waals surface area contributed by atoms with E-state index in [1.807, 2.05) is 25.1 Å². The van der Waals surface area contributed by atoms with Crippen LogP contribution < -0.4 is 0 Å². The highest BCUT2D eigenvalue weighted by Crippen LogP contribution is 2.30. The van der Waals surface area contributed by atoms with Gasteiger partial charge in [-0.3, -0.25) is 0 Å². The molecule has 0 saturated carbocycles. The molecule has 1 heteroatoms. The van der Waals surface area contributed by atoms with E-state index in [0.717, 1.165) is 22.3 Å².